The number of nitrogens with one attached hydrogen (secondary N) is 1. The number of hydrogen-bond donors (Lipinski definition) is 1. The zero-order chi connectivity index (χ0) is 22.0. The van der Waals surface area contributed by atoms with E-state index in [9.17, 15) is 9.59 Å². The minimum Gasteiger partial charge on any atom is -0.423 e. The third kappa shape index (κ3) is 4.23. The van der Waals surface area contributed by atoms with Gasteiger partial charge < -0.3 is 10.1 Å². The van der Waals surface area contributed by atoms with Crippen molar-refractivity contribution in [2.45, 2.75) is 13.8 Å². The molecule has 0 aliphatic heterocycles. The summed E-state index contributed by atoms with van der Waals surface area (Å²) in [5.74, 6) is -0.394. The van der Waals surface area contributed by atoms with Gasteiger partial charge in [-0.05, 0) is 49.7 Å². The minimum atomic E-state index is -0.496. The standard InChI is InChI=1S/C23H21N5O3/c1-15-6-4-5-7-21(15)28-16(2)20(13-25-28)23(30)31-19-10-8-18(9-11-19)26-22(29)17-12-24-27(3)14-17/h4-14H,1-3H3,(H,26,29). The Kier molecular flexibility index (Phi) is 5.36. The quantitative estimate of drug-likeness (QED) is 0.396. The van der Waals surface area contributed by atoms with Gasteiger partial charge in [-0.2, -0.15) is 10.2 Å². The van der Waals surface area contributed by atoms with E-state index in [1.807, 2.05) is 38.1 Å². The van der Waals surface area contributed by atoms with Crippen molar-refractivity contribution >= 4 is 17.6 Å². The molecule has 2 heterocycles. The minimum absolute atomic E-state index is 0.267. The average molecular weight is 415 g/mol. The van der Waals surface area contributed by atoms with Gasteiger partial charge in [-0.1, -0.05) is 18.2 Å². The Morgan fingerprint density at radius 2 is 1.71 bits per heavy atom. The second-order valence-corrected chi connectivity index (χ2v) is 7.11. The first kappa shape index (κ1) is 20.1. The van der Waals surface area contributed by atoms with Crippen LogP contribution in [0.2, 0.25) is 0 Å². The van der Waals surface area contributed by atoms with Gasteiger partial charge in [0.1, 0.15) is 11.3 Å². The molecule has 4 aromatic rings. The van der Waals surface area contributed by atoms with Gasteiger partial charge in [-0.15, -0.1) is 0 Å². The van der Waals surface area contributed by atoms with E-state index in [4.69, 9.17) is 4.74 Å². The lowest BCUT2D eigenvalue weighted by Gasteiger charge is -2.09. The zero-order valence-electron chi connectivity index (χ0n) is 17.4. The maximum Gasteiger partial charge on any atom is 0.347 e. The van der Waals surface area contributed by atoms with Crippen molar-refractivity contribution in [2.75, 3.05) is 5.32 Å². The number of para-hydroxylation sites is 1. The molecule has 0 atom stereocenters. The fraction of sp³-hybridized carbons (Fsp3) is 0.130. The molecule has 2 aromatic carbocycles. The molecule has 2 aromatic heterocycles. The lowest BCUT2D eigenvalue weighted by molar-refractivity contribution is 0.0733. The summed E-state index contributed by atoms with van der Waals surface area (Å²) in [5.41, 5.74) is 4.08. The molecule has 0 aliphatic carbocycles. The summed E-state index contributed by atoms with van der Waals surface area (Å²) in [6.07, 6.45) is 4.63. The Hall–Kier alpha value is -4.20. The number of aryl methyl sites for hydroxylation is 2. The second kappa shape index (κ2) is 8.27. The van der Waals surface area contributed by atoms with Crippen LogP contribution in [0.3, 0.4) is 0 Å². The number of anilines is 1. The van der Waals surface area contributed by atoms with Crippen molar-refractivity contribution in [1.29, 1.82) is 0 Å². The molecule has 8 nitrogen and oxygen atoms in total. The van der Waals surface area contributed by atoms with Crippen LogP contribution >= 0.6 is 0 Å². The monoisotopic (exact) mass is 415 g/mol. The molecule has 0 radical (unpaired) electrons. The topological polar surface area (TPSA) is 91.0 Å². The number of carbonyl (C=O) groups is 2. The first-order valence-corrected chi connectivity index (χ1v) is 9.65. The number of esters is 1. The van der Waals surface area contributed by atoms with E-state index >= 15 is 0 Å². The first-order valence-electron chi connectivity index (χ1n) is 9.65. The van der Waals surface area contributed by atoms with Gasteiger partial charge in [0, 0.05) is 18.9 Å². The summed E-state index contributed by atoms with van der Waals surface area (Å²) in [4.78, 5) is 24.9. The van der Waals surface area contributed by atoms with Crippen molar-refractivity contribution in [3.8, 4) is 11.4 Å². The van der Waals surface area contributed by atoms with Crippen LogP contribution in [0.15, 0.2) is 67.1 Å². The number of nitrogens with zero attached hydrogens (tertiary/aromatic N) is 4. The van der Waals surface area contributed by atoms with E-state index in [-0.39, 0.29) is 5.91 Å². The number of carbonyl (C=O) groups excluding carboxylic acids is 2. The number of ether oxygens (including phenoxy) is 1. The van der Waals surface area contributed by atoms with Gasteiger partial charge in [0.05, 0.1) is 29.3 Å². The summed E-state index contributed by atoms with van der Waals surface area (Å²) in [5, 5.41) is 11.1. The number of rotatable bonds is 5. The molecule has 31 heavy (non-hydrogen) atoms. The van der Waals surface area contributed by atoms with Crippen LogP contribution in [-0.4, -0.2) is 31.4 Å². The second-order valence-electron chi connectivity index (χ2n) is 7.11. The maximum absolute atomic E-state index is 12.7. The van der Waals surface area contributed by atoms with Gasteiger partial charge in [0.15, 0.2) is 0 Å². The van der Waals surface area contributed by atoms with Gasteiger partial charge in [0.2, 0.25) is 0 Å². The summed E-state index contributed by atoms with van der Waals surface area (Å²) < 4.78 is 8.77. The molecule has 0 spiro atoms. The fourth-order valence-electron chi connectivity index (χ4n) is 3.16. The van der Waals surface area contributed by atoms with Crippen molar-refractivity contribution in [1.82, 2.24) is 19.6 Å². The van der Waals surface area contributed by atoms with Crippen molar-refractivity contribution in [2.24, 2.45) is 7.05 Å². The number of amides is 1. The zero-order valence-corrected chi connectivity index (χ0v) is 17.4. The lowest BCUT2D eigenvalue weighted by atomic mass is 10.2. The SMILES string of the molecule is Cc1ccccc1-n1ncc(C(=O)Oc2ccc(NC(=O)c3cnn(C)c3)cc2)c1C. The molecule has 4 rings (SSSR count). The highest BCUT2D eigenvalue weighted by Gasteiger charge is 2.18. The average Bonchev–Trinajstić information content (AvgIpc) is 3.36. The summed E-state index contributed by atoms with van der Waals surface area (Å²) in [7, 11) is 1.74. The van der Waals surface area contributed by atoms with Gasteiger partial charge >= 0.3 is 5.97 Å². The van der Waals surface area contributed by atoms with Crippen molar-refractivity contribution in [3.05, 3.63) is 89.5 Å². The van der Waals surface area contributed by atoms with E-state index in [1.54, 1.807) is 46.9 Å². The molecular formula is C23H21N5O3. The molecule has 156 valence electrons. The predicted molar refractivity (Wildman–Crippen MR) is 116 cm³/mol. The van der Waals surface area contributed by atoms with E-state index in [1.165, 1.54) is 12.4 Å². The highest BCUT2D eigenvalue weighted by molar-refractivity contribution is 6.04. The Bertz CT molecular complexity index is 1250. The van der Waals surface area contributed by atoms with Crippen LogP contribution in [0.4, 0.5) is 5.69 Å². The van der Waals surface area contributed by atoms with Crippen LogP contribution in [-0.2, 0) is 7.05 Å². The molecule has 0 bridgehead atoms. The maximum atomic E-state index is 12.7. The van der Waals surface area contributed by atoms with E-state index < -0.39 is 5.97 Å². The van der Waals surface area contributed by atoms with Gasteiger partial charge in [0.25, 0.3) is 5.91 Å². The highest BCUT2D eigenvalue weighted by atomic mass is 16.5. The van der Waals surface area contributed by atoms with Crippen LogP contribution in [0, 0.1) is 13.8 Å². The number of benzene rings is 2. The Morgan fingerprint density at radius 1 is 0.968 bits per heavy atom. The predicted octanol–water partition coefficient (Wildman–Crippen LogP) is 3.69. The van der Waals surface area contributed by atoms with E-state index in [2.05, 4.69) is 15.5 Å². The largest absolute Gasteiger partial charge is 0.423 e. The van der Waals surface area contributed by atoms with Crippen molar-refractivity contribution < 1.29 is 14.3 Å². The molecule has 0 saturated carbocycles. The smallest absolute Gasteiger partial charge is 0.347 e. The lowest BCUT2D eigenvalue weighted by Crippen LogP contribution is -2.12. The third-order valence-corrected chi connectivity index (χ3v) is 4.86. The summed E-state index contributed by atoms with van der Waals surface area (Å²) in [6, 6.07) is 14.4. The highest BCUT2D eigenvalue weighted by Crippen LogP contribution is 2.21. The molecule has 0 unspecified atom stereocenters. The summed E-state index contributed by atoms with van der Waals surface area (Å²) >= 11 is 0. The molecule has 0 aliphatic rings. The summed E-state index contributed by atoms with van der Waals surface area (Å²) in [6.45, 7) is 3.82. The number of aromatic nitrogens is 4. The normalized spacial score (nSPS) is 10.7. The van der Waals surface area contributed by atoms with E-state index in [0.29, 0.717) is 28.3 Å². The first-order chi connectivity index (χ1) is 14.9. The van der Waals surface area contributed by atoms with Crippen LogP contribution in [0.1, 0.15) is 32.0 Å². The molecule has 8 heteroatoms. The third-order valence-electron chi connectivity index (χ3n) is 4.86. The van der Waals surface area contributed by atoms with Crippen LogP contribution < -0.4 is 10.1 Å². The number of hydrogen-bond acceptors (Lipinski definition) is 5. The molecule has 0 saturated heterocycles. The van der Waals surface area contributed by atoms with Gasteiger partial charge in [-0.3, -0.25) is 9.48 Å². The Balaban J connectivity index is 1.45. The van der Waals surface area contributed by atoms with Gasteiger partial charge in [-0.25, -0.2) is 9.48 Å². The Morgan fingerprint density at radius 3 is 2.39 bits per heavy atom. The molecular weight excluding hydrogens is 394 g/mol. The fourth-order valence-corrected chi connectivity index (χ4v) is 3.16. The van der Waals surface area contributed by atoms with Crippen molar-refractivity contribution in [3.63, 3.8) is 0 Å². The van der Waals surface area contributed by atoms with Crippen LogP contribution in [0.25, 0.3) is 5.69 Å². The Labute approximate surface area is 179 Å². The van der Waals surface area contributed by atoms with E-state index in [0.717, 1.165) is 11.3 Å². The molecule has 1 N–H and O–H groups in total. The molecule has 1 amide bonds. The van der Waals surface area contributed by atoms with Crippen LogP contribution in [0.5, 0.6) is 5.75 Å². The molecule has 0 fully saturated rings.